The SMILES string of the molecule is C[C@@H]1c2sc(N)nc2CC[C@@]2(C)C1CC[C@@H]2O. The van der Waals surface area contributed by atoms with E-state index < -0.39 is 0 Å². The van der Waals surface area contributed by atoms with Crippen molar-refractivity contribution >= 4 is 16.5 Å². The number of thiazole rings is 1. The fourth-order valence-corrected chi connectivity index (χ4v) is 4.90. The Kier molecular flexibility index (Phi) is 2.49. The molecule has 2 aliphatic rings. The Balaban J connectivity index is 2.03. The van der Waals surface area contributed by atoms with Crippen LogP contribution in [0.2, 0.25) is 0 Å². The van der Waals surface area contributed by atoms with Gasteiger partial charge in [-0.3, -0.25) is 0 Å². The third kappa shape index (κ3) is 1.54. The molecule has 1 heterocycles. The lowest BCUT2D eigenvalue weighted by Crippen LogP contribution is -2.34. The zero-order chi connectivity index (χ0) is 12.2. The molecule has 0 aromatic carbocycles. The highest BCUT2D eigenvalue weighted by molar-refractivity contribution is 7.15. The number of hydrogen-bond donors (Lipinski definition) is 2. The van der Waals surface area contributed by atoms with Crippen molar-refractivity contribution in [2.45, 2.75) is 51.6 Å². The summed E-state index contributed by atoms with van der Waals surface area (Å²) in [5, 5.41) is 11.0. The fraction of sp³-hybridized carbons (Fsp3) is 0.769. The highest BCUT2D eigenvalue weighted by atomic mass is 32.1. The van der Waals surface area contributed by atoms with Gasteiger partial charge < -0.3 is 10.8 Å². The monoisotopic (exact) mass is 252 g/mol. The van der Waals surface area contributed by atoms with Crippen molar-refractivity contribution < 1.29 is 5.11 Å². The summed E-state index contributed by atoms with van der Waals surface area (Å²) in [5.74, 6) is 1.07. The lowest BCUT2D eigenvalue weighted by atomic mass is 9.71. The van der Waals surface area contributed by atoms with Crippen molar-refractivity contribution in [1.29, 1.82) is 0 Å². The number of nitrogens with zero attached hydrogens (tertiary/aromatic N) is 1. The number of aliphatic hydroxyl groups is 1. The van der Waals surface area contributed by atoms with Crippen LogP contribution in [-0.4, -0.2) is 16.2 Å². The third-order valence-electron chi connectivity index (χ3n) is 5.02. The van der Waals surface area contributed by atoms with Crippen LogP contribution in [0.5, 0.6) is 0 Å². The molecule has 0 radical (unpaired) electrons. The van der Waals surface area contributed by atoms with E-state index in [1.807, 2.05) is 0 Å². The van der Waals surface area contributed by atoms with Crippen molar-refractivity contribution in [2.75, 3.05) is 5.73 Å². The molecule has 1 aromatic heterocycles. The van der Waals surface area contributed by atoms with E-state index in [4.69, 9.17) is 5.73 Å². The number of rotatable bonds is 0. The van der Waals surface area contributed by atoms with Crippen LogP contribution in [-0.2, 0) is 6.42 Å². The first-order valence-corrected chi connectivity index (χ1v) is 7.27. The topological polar surface area (TPSA) is 59.1 Å². The molecule has 94 valence electrons. The quantitative estimate of drug-likeness (QED) is 0.746. The van der Waals surface area contributed by atoms with E-state index in [2.05, 4.69) is 18.8 Å². The molecule has 3 rings (SSSR count). The predicted octanol–water partition coefficient (Wildman–Crippen LogP) is 2.55. The smallest absolute Gasteiger partial charge is 0.180 e. The van der Waals surface area contributed by atoms with Gasteiger partial charge in [-0.25, -0.2) is 4.98 Å². The fourth-order valence-electron chi connectivity index (χ4n) is 3.90. The molecule has 3 nitrogen and oxygen atoms in total. The molecular weight excluding hydrogens is 232 g/mol. The standard InChI is InChI=1S/C13H20N2OS/c1-7-8-3-4-10(16)13(8,2)6-5-9-11(7)17-12(14)15-9/h7-8,10,16H,3-6H2,1-2H3,(H2,14,15)/t7-,8?,10-,13-/m0/s1. The number of fused-ring (bicyclic) bond motifs is 2. The molecule has 0 spiro atoms. The van der Waals surface area contributed by atoms with Gasteiger partial charge in [0.1, 0.15) is 0 Å². The first kappa shape index (κ1) is 11.5. The molecular formula is C13H20N2OS. The first-order valence-electron chi connectivity index (χ1n) is 6.45. The summed E-state index contributed by atoms with van der Waals surface area (Å²) in [6.07, 6.45) is 3.96. The van der Waals surface area contributed by atoms with Gasteiger partial charge in [-0.15, -0.1) is 11.3 Å². The number of nitrogens with two attached hydrogens (primary N) is 1. The molecule has 0 amide bonds. The van der Waals surface area contributed by atoms with Gasteiger partial charge in [-0.1, -0.05) is 13.8 Å². The van der Waals surface area contributed by atoms with Crippen LogP contribution in [0.1, 0.15) is 49.6 Å². The Labute approximate surface area is 106 Å². The molecule has 0 bridgehead atoms. The Morgan fingerprint density at radius 1 is 1.47 bits per heavy atom. The van der Waals surface area contributed by atoms with E-state index >= 15 is 0 Å². The average molecular weight is 252 g/mol. The van der Waals surface area contributed by atoms with Crippen LogP contribution >= 0.6 is 11.3 Å². The molecule has 1 unspecified atom stereocenters. The van der Waals surface area contributed by atoms with Gasteiger partial charge in [0.2, 0.25) is 0 Å². The lowest BCUT2D eigenvalue weighted by Gasteiger charge is -2.35. The highest BCUT2D eigenvalue weighted by Gasteiger charge is 2.50. The number of anilines is 1. The number of aryl methyl sites for hydroxylation is 1. The van der Waals surface area contributed by atoms with Gasteiger partial charge in [0.05, 0.1) is 11.8 Å². The summed E-state index contributed by atoms with van der Waals surface area (Å²) in [5.41, 5.74) is 7.09. The van der Waals surface area contributed by atoms with E-state index in [1.165, 1.54) is 10.6 Å². The maximum Gasteiger partial charge on any atom is 0.180 e. The lowest BCUT2D eigenvalue weighted by molar-refractivity contribution is 0.0291. The minimum Gasteiger partial charge on any atom is -0.393 e. The summed E-state index contributed by atoms with van der Waals surface area (Å²) >= 11 is 1.65. The Morgan fingerprint density at radius 3 is 3.00 bits per heavy atom. The Morgan fingerprint density at radius 2 is 2.24 bits per heavy atom. The Hall–Kier alpha value is -0.610. The van der Waals surface area contributed by atoms with Crippen molar-refractivity contribution in [3.8, 4) is 0 Å². The minimum absolute atomic E-state index is 0.0780. The van der Waals surface area contributed by atoms with E-state index in [9.17, 15) is 5.11 Å². The minimum atomic E-state index is -0.138. The molecule has 0 saturated heterocycles. The van der Waals surface area contributed by atoms with Gasteiger partial charge in [-0.05, 0) is 42.9 Å². The summed E-state index contributed by atoms with van der Waals surface area (Å²) in [6.45, 7) is 4.54. The van der Waals surface area contributed by atoms with E-state index in [0.717, 1.165) is 25.7 Å². The van der Waals surface area contributed by atoms with Crippen LogP contribution in [0.15, 0.2) is 0 Å². The van der Waals surface area contributed by atoms with Gasteiger partial charge in [0.25, 0.3) is 0 Å². The van der Waals surface area contributed by atoms with E-state index in [-0.39, 0.29) is 11.5 Å². The van der Waals surface area contributed by atoms with Crippen LogP contribution in [0.3, 0.4) is 0 Å². The van der Waals surface area contributed by atoms with Crippen molar-refractivity contribution in [3.05, 3.63) is 10.6 Å². The maximum absolute atomic E-state index is 10.3. The molecule has 1 saturated carbocycles. The number of aliphatic hydroxyl groups excluding tert-OH is 1. The summed E-state index contributed by atoms with van der Waals surface area (Å²) in [6, 6.07) is 0. The molecule has 4 heteroatoms. The van der Waals surface area contributed by atoms with E-state index in [0.29, 0.717) is 17.0 Å². The second-order valence-corrected chi connectivity index (χ2v) is 6.92. The second kappa shape index (κ2) is 3.69. The molecule has 2 aliphatic carbocycles. The second-order valence-electron chi connectivity index (χ2n) is 5.86. The van der Waals surface area contributed by atoms with Crippen LogP contribution in [0, 0.1) is 11.3 Å². The number of nitrogen functional groups attached to an aromatic ring is 1. The first-order chi connectivity index (χ1) is 8.02. The normalized spacial score (nSPS) is 40.8. The highest BCUT2D eigenvalue weighted by Crippen LogP contribution is 2.55. The Bertz CT molecular complexity index is 445. The zero-order valence-corrected chi connectivity index (χ0v) is 11.3. The predicted molar refractivity (Wildman–Crippen MR) is 70.1 cm³/mol. The molecule has 1 aromatic rings. The van der Waals surface area contributed by atoms with Crippen LogP contribution < -0.4 is 5.73 Å². The zero-order valence-electron chi connectivity index (χ0n) is 10.4. The van der Waals surface area contributed by atoms with Crippen LogP contribution in [0.4, 0.5) is 5.13 Å². The summed E-state index contributed by atoms with van der Waals surface area (Å²) in [7, 11) is 0. The van der Waals surface area contributed by atoms with E-state index in [1.54, 1.807) is 11.3 Å². The van der Waals surface area contributed by atoms with Crippen LogP contribution in [0.25, 0.3) is 0 Å². The number of hydrogen-bond acceptors (Lipinski definition) is 4. The van der Waals surface area contributed by atoms with Gasteiger partial charge in [0.15, 0.2) is 5.13 Å². The third-order valence-corrected chi connectivity index (χ3v) is 6.15. The summed E-state index contributed by atoms with van der Waals surface area (Å²) < 4.78 is 0. The molecule has 3 N–H and O–H groups in total. The van der Waals surface area contributed by atoms with Gasteiger partial charge in [0, 0.05) is 4.88 Å². The number of aromatic nitrogens is 1. The van der Waals surface area contributed by atoms with Gasteiger partial charge >= 0.3 is 0 Å². The van der Waals surface area contributed by atoms with Gasteiger partial charge in [-0.2, -0.15) is 0 Å². The van der Waals surface area contributed by atoms with Crippen molar-refractivity contribution in [1.82, 2.24) is 4.98 Å². The molecule has 0 aliphatic heterocycles. The summed E-state index contributed by atoms with van der Waals surface area (Å²) in [4.78, 5) is 5.83. The van der Waals surface area contributed by atoms with Crippen molar-refractivity contribution in [2.24, 2.45) is 11.3 Å². The molecule has 1 fully saturated rings. The largest absolute Gasteiger partial charge is 0.393 e. The average Bonchev–Trinajstić information content (AvgIpc) is 2.76. The van der Waals surface area contributed by atoms with Crippen molar-refractivity contribution in [3.63, 3.8) is 0 Å². The molecule has 4 atom stereocenters. The molecule has 17 heavy (non-hydrogen) atoms. The maximum atomic E-state index is 10.3.